The molecule has 5 heteroatoms. The number of aliphatic hydroxyl groups excluding tert-OH is 1. The van der Waals surface area contributed by atoms with Crippen LogP contribution in [-0.2, 0) is 11.4 Å². The van der Waals surface area contributed by atoms with E-state index in [-0.39, 0.29) is 12.2 Å². The van der Waals surface area contributed by atoms with E-state index in [0.29, 0.717) is 11.3 Å². The molecule has 0 saturated carbocycles. The van der Waals surface area contributed by atoms with E-state index in [0.717, 1.165) is 17.7 Å². The number of nitrogens with one attached hydrogen (secondary N) is 1. The van der Waals surface area contributed by atoms with Crippen LogP contribution in [0.3, 0.4) is 0 Å². The summed E-state index contributed by atoms with van der Waals surface area (Å²) in [7, 11) is 0. The molecule has 0 heterocycles. The molecule has 0 bridgehead atoms. The van der Waals surface area contributed by atoms with Crippen LogP contribution in [0.5, 0.6) is 0 Å². The fraction of sp³-hybridized carbons (Fsp3) is 0.235. The molecule has 0 spiro atoms. The van der Waals surface area contributed by atoms with E-state index in [1.165, 1.54) is 13.0 Å². The normalized spacial score (nSPS) is 12.0. The largest absolute Gasteiger partial charge is 0.392 e. The minimum absolute atomic E-state index is 0.152. The number of benzene rings is 2. The predicted molar refractivity (Wildman–Crippen MR) is 80.5 cm³/mol. The molecule has 22 heavy (non-hydrogen) atoms. The predicted octanol–water partition coefficient (Wildman–Crippen LogP) is 3.51. The number of aliphatic hydroxyl groups is 1. The fourth-order valence-electron chi connectivity index (χ4n) is 2.20. The van der Waals surface area contributed by atoms with Crippen LogP contribution in [0.15, 0.2) is 36.4 Å². The summed E-state index contributed by atoms with van der Waals surface area (Å²) in [5, 5.41) is 11.8. The summed E-state index contributed by atoms with van der Waals surface area (Å²) >= 11 is 0. The molecule has 1 atom stereocenters. The van der Waals surface area contributed by atoms with Crippen molar-refractivity contribution in [2.24, 2.45) is 0 Å². The van der Waals surface area contributed by atoms with Gasteiger partial charge in [-0.05, 0) is 43.2 Å². The third-order valence-corrected chi connectivity index (χ3v) is 3.57. The number of aryl methyl sites for hydroxylation is 1. The van der Waals surface area contributed by atoms with Gasteiger partial charge in [-0.1, -0.05) is 18.2 Å². The molecule has 116 valence electrons. The Labute approximate surface area is 127 Å². The lowest BCUT2D eigenvalue weighted by Crippen LogP contribution is -2.21. The lowest BCUT2D eigenvalue weighted by molar-refractivity contribution is -0.117. The Morgan fingerprint density at radius 3 is 2.45 bits per heavy atom. The molecule has 2 aromatic carbocycles. The maximum Gasteiger partial charge on any atom is 0.231 e. The van der Waals surface area contributed by atoms with Crippen molar-refractivity contribution >= 4 is 11.6 Å². The third-order valence-electron chi connectivity index (χ3n) is 3.57. The van der Waals surface area contributed by atoms with Crippen LogP contribution in [0.4, 0.5) is 14.5 Å². The van der Waals surface area contributed by atoms with Gasteiger partial charge in [0.2, 0.25) is 5.91 Å². The van der Waals surface area contributed by atoms with E-state index in [4.69, 9.17) is 5.11 Å². The van der Waals surface area contributed by atoms with E-state index in [2.05, 4.69) is 5.32 Å². The zero-order valence-electron chi connectivity index (χ0n) is 12.4. The first-order valence-electron chi connectivity index (χ1n) is 6.89. The monoisotopic (exact) mass is 305 g/mol. The Balaban J connectivity index is 2.26. The van der Waals surface area contributed by atoms with Gasteiger partial charge in [0.05, 0.1) is 12.5 Å². The van der Waals surface area contributed by atoms with Crippen molar-refractivity contribution in [1.82, 2.24) is 0 Å². The molecular weight excluding hydrogens is 288 g/mol. The van der Waals surface area contributed by atoms with Crippen molar-refractivity contribution in [1.29, 1.82) is 0 Å². The van der Waals surface area contributed by atoms with Gasteiger partial charge in [-0.2, -0.15) is 0 Å². The molecule has 0 radical (unpaired) electrons. The number of amides is 1. The molecule has 0 saturated heterocycles. The van der Waals surface area contributed by atoms with Crippen LogP contribution in [0.2, 0.25) is 0 Å². The number of hydrogen-bond acceptors (Lipinski definition) is 2. The molecule has 3 nitrogen and oxygen atoms in total. The second-order valence-corrected chi connectivity index (χ2v) is 5.15. The van der Waals surface area contributed by atoms with Gasteiger partial charge in [0.15, 0.2) is 0 Å². The number of rotatable bonds is 4. The number of anilines is 1. The minimum Gasteiger partial charge on any atom is -0.392 e. The lowest BCUT2D eigenvalue weighted by atomic mass is 9.98. The van der Waals surface area contributed by atoms with E-state index in [1.54, 1.807) is 25.1 Å². The Morgan fingerprint density at radius 1 is 1.23 bits per heavy atom. The highest BCUT2D eigenvalue weighted by Crippen LogP contribution is 2.25. The zero-order valence-corrected chi connectivity index (χ0v) is 12.4. The van der Waals surface area contributed by atoms with Crippen molar-refractivity contribution in [2.45, 2.75) is 26.4 Å². The molecule has 1 amide bonds. The van der Waals surface area contributed by atoms with E-state index >= 15 is 0 Å². The first-order chi connectivity index (χ1) is 10.4. The summed E-state index contributed by atoms with van der Waals surface area (Å²) in [5.74, 6) is -2.98. The van der Waals surface area contributed by atoms with Gasteiger partial charge in [-0.25, -0.2) is 8.78 Å². The van der Waals surface area contributed by atoms with Gasteiger partial charge in [0, 0.05) is 11.3 Å². The molecule has 0 aliphatic heterocycles. The van der Waals surface area contributed by atoms with E-state index < -0.39 is 23.5 Å². The molecule has 1 unspecified atom stereocenters. The van der Waals surface area contributed by atoms with Crippen LogP contribution in [0, 0.1) is 18.6 Å². The Morgan fingerprint density at radius 2 is 1.86 bits per heavy atom. The number of hydrogen-bond donors (Lipinski definition) is 2. The van der Waals surface area contributed by atoms with Crippen LogP contribution in [0.1, 0.15) is 29.5 Å². The Bertz CT molecular complexity index is 681. The molecule has 2 N–H and O–H groups in total. The zero-order chi connectivity index (χ0) is 16.3. The summed E-state index contributed by atoms with van der Waals surface area (Å²) in [6.07, 6.45) is 0. The highest BCUT2D eigenvalue weighted by atomic mass is 19.1. The topological polar surface area (TPSA) is 49.3 Å². The second-order valence-electron chi connectivity index (χ2n) is 5.15. The summed E-state index contributed by atoms with van der Waals surface area (Å²) in [5.41, 5.74) is 1.70. The van der Waals surface area contributed by atoms with Gasteiger partial charge in [0.25, 0.3) is 0 Å². The van der Waals surface area contributed by atoms with Crippen LogP contribution in [0.25, 0.3) is 0 Å². The molecular formula is C17H17F2NO2. The SMILES string of the molecule is Cc1ccc(CO)cc1NC(=O)C(C)c1c(F)cccc1F. The van der Waals surface area contributed by atoms with Crippen molar-refractivity contribution in [3.63, 3.8) is 0 Å². The van der Waals surface area contributed by atoms with E-state index in [1.807, 2.05) is 0 Å². The number of carbonyl (C=O) groups excluding carboxylic acids is 1. The second kappa shape index (κ2) is 6.66. The molecule has 0 aliphatic rings. The minimum atomic E-state index is -0.974. The number of carbonyl (C=O) groups is 1. The first-order valence-corrected chi connectivity index (χ1v) is 6.89. The highest BCUT2D eigenvalue weighted by molar-refractivity contribution is 5.96. The summed E-state index contributed by atoms with van der Waals surface area (Å²) in [6.45, 7) is 3.09. The Kier molecular flexibility index (Phi) is 4.88. The summed E-state index contributed by atoms with van der Waals surface area (Å²) < 4.78 is 27.5. The Hall–Kier alpha value is -2.27. The van der Waals surface area contributed by atoms with Crippen molar-refractivity contribution in [2.75, 3.05) is 5.32 Å². The van der Waals surface area contributed by atoms with Gasteiger partial charge in [-0.3, -0.25) is 4.79 Å². The van der Waals surface area contributed by atoms with Gasteiger partial charge in [-0.15, -0.1) is 0 Å². The van der Waals surface area contributed by atoms with Gasteiger partial charge < -0.3 is 10.4 Å². The first kappa shape index (κ1) is 16.1. The summed E-state index contributed by atoms with van der Waals surface area (Å²) in [4.78, 5) is 12.3. The van der Waals surface area contributed by atoms with E-state index in [9.17, 15) is 13.6 Å². The standard InChI is InChI=1S/C17H17F2NO2/c1-10-6-7-12(9-21)8-15(10)20-17(22)11(2)16-13(18)4-3-5-14(16)19/h3-8,11,21H,9H2,1-2H3,(H,20,22). The lowest BCUT2D eigenvalue weighted by Gasteiger charge is -2.16. The number of halogens is 2. The maximum absolute atomic E-state index is 13.7. The smallest absolute Gasteiger partial charge is 0.231 e. The molecule has 0 aromatic heterocycles. The molecule has 2 aromatic rings. The van der Waals surface area contributed by atoms with Gasteiger partial charge >= 0.3 is 0 Å². The average Bonchev–Trinajstić information content (AvgIpc) is 2.49. The van der Waals surface area contributed by atoms with Crippen molar-refractivity contribution < 1.29 is 18.7 Å². The van der Waals surface area contributed by atoms with Crippen LogP contribution >= 0.6 is 0 Å². The van der Waals surface area contributed by atoms with Crippen LogP contribution in [-0.4, -0.2) is 11.0 Å². The quantitative estimate of drug-likeness (QED) is 0.908. The molecule has 2 rings (SSSR count). The highest BCUT2D eigenvalue weighted by Gasteiger charge is 2.23. The average molecular weight is 305 g/mol. The molecule has 0 aliphatic carbocycles. The van der Waals surface area contributed by atoms with Crippen molar-refractivity contribution in [3.8, 4) is 0 Å². The third kappa shape index (κ3) is 3.31. The fourth-order valence-corrected chi connectivity index (χ4v) is 2.20. The summed E-state index contributed by atoms with van der Waals surface area (Å²) in [6, 6.07) is 8.64. The molecule has 0 fully saturated rings. The van der Waals surface area contributed by atoms with Crippen LogP contribution < -0.4 is 5.32 Å². The van der Waals surface area contributed by atoms with Gasteiger partial charge in [0.1, 0.15) is 11.6 Å². The van der Waals surface area contributed by atoms with Crippen molar-refractivity contribution in [3.05, 3.63) is 64.7 Å². The maximum atomic E-state index is 13.7.